The molecular weight excluding hydrogens is 670 g/mol. The van der Waals surface area contributed by atoms with Gasteiger partial charge in [0, 0.05) is 53.8 Å². The van der Waals surface area contributed by atoms with Crippen LogP contribution in [-0.4, -0.2) is 87.5 Å². The molecule has 2 aliphatic carbocycles. The van der Waals surface area contributed by atoms with Crippen molar-refractivity contribution in [2.24, 2.45) is 11.7 Å². The number of piperidine rings is 1. The van der Waals surface area contributed by atoms with E-state index >= 15 is 0 Å². The number of fused-ring (bicyclic) bond motifs is 7. The van der Waals surface area contributed by atoms with Crippen LogP contribution < -0.4 is 25.0 Å². The molecule has 10 rings (SSSR count). The fourth-order valence-corrected chi connectivity index (χ4v) is 9.56. The molecule has 0 radical (unpaired) electrons. The minimum absolute atomic E-state index is 0.0743. The van der Waals surface area contributed by atoms with Crippen molar-refractivity contribution in [3.05, 3.63) is 69.4 Å². The van der Waals surface area contributed by atoms with E-state index in [1.165, 1.54) is 24.0 Å². The molecule has 5 aromatic rings. The maximum absolute atomic E-state index is 14.3. The van der Waals surface area contributed by atoms with E-state index in [1.807, 2.05) is 13.1 Å². The highest BCUT2D eigenvalue weighted by Gasteiger charge is 2.68. The summed E-state index contributed by atoms with van der Waals surface area (Å²) in [7, 11) is 2.78. The number of ether oxygens (including phenoxy) is 2. The summed E-state index contributed by atoms with van der Waals surface area (Å²) in [5.41, 5.74) is 11.7. The molecule has 2 aromatic carbocycles. The maximum Gasteiger partial charge on any atom is 0.319 e. The van der Waals surface area contributed by atoms with E-state index in [0.29, 0.717) is 76.1 Å². The molecule has 0 bridgehead atoms. The summed E-state index contributed by atoms with van der Waals surface area (Å²) < 4.78 is 11.2. The molecular formula is C37H33N7O8. The van der Waals surface area contributed by atoms with Crippen molar-refractivity contribution < 1.29 is 38.9 Å². The Morgan fingerprint density at radius 2 is 1.44 bits per heavy atom. The summed E-state index contributed by atoms with van der Waals surface area (Å²) in [5, 5.41) is 23.8. The zero-order valence-corrected chi connectivity index (χ0v) is 28.4. The first-order valence-electron chi connectivity index (χ1n) is 17.0. The van der Waals surface area contributed by atoms with Gasteiger partial charge in [-0.15, -0.1) is 0 Å². The van der Waals surface area contributed by atoms with Gasteiger partial charge in [0.25, 0.3) is 11.8 Å². The number of carbonyl (C=O) groups is 4. The first-order valence-corrected chi connectivity index (χ1v) is 17.0. The smallest absolute Gasteiger partial charge is 0.319 e. The summed E-state index contributed by atoms with van der Waals surface area (Å²) in [4.78, 5) is 67.5. The Morgan fingerprint density at radius 1 is 0.885 bits per heavy atom. The molecule has 52 heavy (non-hydrogen) atoms. The molecule has 1 unspecified atom stereocenters. The van der Waals surface area contributed by atoms with Gasteiger partial charge in [0.2, 0.25) is 5.78 Å². The van der Waals surface area contributed by atoms with Gasteiger partial charge in [-0.25, -0.2) is 4.79 Å². The van der Waals surface area contributed by atoms with E-state index < -0.39 is 11.9 Å². The Hall–Kier alpha value is -6.38. The zero-order valence-electron chi connectivity index (χ0n) is 28.4. The Morgan fingerprint density at radius 3 is 2.02 bits per heavy atom. The van der Waals surface area contributed by atoms with Crippen LogP contribution in [0.1, 0.15) is 60.1 Å². The van der Waals surface area contributed by atoms with Crippen LogP contribution in [0.15, 0.2) is 30.1 Å². The standard InChI is InChI=1S/C37H33N7O8/c1-14-12-39-27-22(45)10-23-37(24(14)27)11-15(37)13-44(23)35(49)21-9-18-16-4-6-42(28(16)32(51-2)30(46)25(18)41-21)34(48)20-8-19-17-5-7-43(36(38)50)29(17)33(52-3)31(47)26(19)40-20/h8-10,12,15,39-41,46-47H,4-7,11,13H2,1-3H3,(H2,38,50)/t15-,37?/m1/s1. The van der Waals surface area contributed by atoms with Crippen LogP contribution in [0.3, 0.4) is 0 Å². The maximum atomic E-state index is 14.3. The minimum atomic E-state index is -0.684. The van der Waals surface area contributed by atoms with Gasteiger partial charge < -0.3 is 50.2 Å². The number of primary amides is 1. The number of phenols is 2. The number of carbonyl (C=O) groups excluding carboxylic acids is 4. The number of aromatic hydroxyl groups is 2. The molecule has 264 valence electrons. The molecule has 4 amide bonds. The van der Waals surface area contributed by atoms with Crippen LogP contribution in [0.5, 0.6) is 23.0 Å². The third-order valence-corrected chi connectivity index (χ3v) is 11.8. The van der Waals surface area contributed by atoms with E-state index in [-0.39, 0.29) is 69.5 Å². The van der Waals surface area contributed by atoms with E-state index in [0.717, 1.165) is 17.5 Å². The second-order valence-corrected chi connectivity index (χ2v) is 14.2. The predicted molar refractivity (Wildman–Crippen MR) is 188 cm³/mol. The fraction of sp³-hybridized carbons (Fsp3) is 0.297. The number of urea groups is 1. The van der Waals surface area contributed by atoms with Gasteiger partial charge in [0.1, 0.15) is 11.4 Å². The number of H-pyrrole nitrogens is 3. The normalized spacial score (nSPS) is 20.9. The van der Waals surface area contributed by atoms with Gasteiger partial charge in [0.05, 0.1) is 42.3 Å². The molecule has 7 N–H and O–H groups in total. The van der Waals surface area contributed by atoms with Crippen molar-refractivity contribution >= 4 is 56.8 Å². The average Bonchev–Trinajstić information content (AvgIpc) is 3.85. The lowest BCUT2D eigenvalue weighted by Gasteiger charge is -2.28. The van der Waals surface area contributed by atoms with Crippen molar-refractivity contribution in [3.63, 3.8) is 0 Å². The predicted octanol–water partition coefficient (Wildman–Crippen LogP) is 3.85. The van der Waals surface area contributed by atoms with Crippen molar-refractivity contribution in [2.75, 3.05) is 43.7 Å². The Labute approximate surface area is 294 Å². The lowest BCUT2D eigenvalue weighted by atomic mass is 9.83. The molecule has 1 saturated heterocycles. The lowest BCUT2D eigenvalue weighted by Crippen LogP contribution is -2.34. The number of amides is 4. The van der Waals surface area contributed by atoms with Crippen LogP contribution in [0.25, 0.3) is 21.8 Å². The molecule has 3 aromatic heterocycles. The van der Waals surface area contributed by atoms with Crippen molar-refractivity contribution in [3.8, 4) is 23.0 Å². The molecule has 15 heteroatoms. The number of ketones is 1. The number of methoxy groups -OCH3 is 2. The molecule has 6 heterocycles. The van der Waals surface area contributed by atoms with E-state index in [9.17, 15) is 29.4 Å². The number of nitrogens with zero attached hydrogens (tertiary/aromatic N) is 3. The summed E-state index contributed by atoms with van der Waals surface area (Å²) in [5.74, 6) is -1.06. The second-order valence-electron chi connectivity index (χ2n) is 14.2. The molecule has 5 aliphatic rings. The third-order valence-electron chi connectivity index (χ3n) is 11.8. The number of aromatic nitrogens is 3. The number of nitrogens with one attached hydrogen (secondary N) is 3. The number of aromatic amines is 3. The number of benzene rings is 2. The first kappa shape index (κ1) is 30.4. The number of rotatable bonds is 4. The topological polar surface area (TPSA) is 210 Å². The number of hydrogen-bond acceptors (Lipinski definition) is 8. The van der Waals surface area contributed by atoms with Gasteiger partial charge in [-0.05, 0) is 66.5 Å². The summed E-state index contributed by atoms with van der Waals surface area (Å²) >= 11 is 0. The molecule has 1 spiro atoms. The lowest BCUT2D eigenvalue weighted by molar-refractivity contribution is 0.0806. The van der Waals surface area contributed by atoms with E-state index in [4.69, 9.17) is 15.2 Å². The largest absolute Gasteiger partial charge is 0.503 e. The molecule has 1 saturated carbocycles. The molecule has 3 aliphatic heterocycles. The summed E-state index contributed by atoms with van der Waals surface area (Å²) in [6.07, 6.45) is 5.15. The summed E-state index contributed by atoms with van der Waals surface area (Å²) in [6.45, 7) is 3.00. The number of nitrogens with two attached hydrogens (primary N) is 1. The number of allylic oxidation sites excluding steroid dienone is 2. The Bertz CT molecular complexity index is 2570. The van der Waals surface area contributed by atoms with Gasteiger partial charge >= 0.3 is 6.03 Å². The van der Waals surface area contributed by atoms with Gasteiger partial charge in [0.15, 0.2) is 23.0 Å². The fourth-order valence-electron chi connectivity index (χ4n) is 9.56. The third kappa shape index (κ3) is 3.54. The highest BCUT2D eigenvalue weighted by atomic mass is 16.5. The molecule has 15 nitrogen and oxygen atoms in total. The second kappa shape index (κ2) is 9.90. The van der Waals surface area contributed by atoms with Crippen LogP contribution >= 0.6 is 0 Å². The van der Waals surface area contributed by atoms with Gasteiger partial charge in [-0.3, -0.25) is 19.3 Å². The van der Waals surface area contributed by atoms with Gasteiger partial charge in [-0.1, -0.05) is 0 Å². The molecule has 2 fully saturated rings. The van der Waals surface area contributed by atoms with Crippen molar-refractivity contribution in [1.29, 1.82) is 0 Å². The summed E-state index contributed by atoms with van der Waals surface area (Å²) in [6, 6.07) is 2.64. The number of phenolic OH excluding ortho intramolecular Hbond substituents is 2. The zero-order chi connectivity index (χ0) is 36.1. The number of likely N-dealkylation sites (tertiary alicyclic amines) is 1. The highest BCUT2D eigenvalue weighted by molar-refractivity contribution is 6.15. The highest BCUT2D eigenvalue weighted by Crippen LogP contribution is 2.67. The monoisotopic (exact) mass is 703 g/mol. The van der Waals surface area contributed by atoms with Gasteiger partial charge in [-0.2, -0.15) is 0 Å². The number of aryl methyl sites for hydroxylation is 1. The minimum Gasteiger partial charge on any atom is -0.503 e. The van der Waals surface area contributed by atoms with Crippen molar-refractivity contribution in [2.45, 2.75) is 31.6 Å². The number of anilines is 2. The Kier molecular flexibility index (Phi) is 5.79. The van der Waals surface area contributed by atoms with E-state index in [2.05, 4.69) is 15.0 Å². The molecule has 2 atom stereocenters. The van der Waals surface area contributed by atoms with Crippen LogP contribution in [0, 0.1) is 12.8 Å². The van der Waals surface area contributed by atoms with Crippen LogP contribution in [-0.2, 0) is 18.3 Å². The van der Waals surface area contributed by atoms with Crippen molar-refractivity contribution in [1.82, 2.24) is 19.9 Å². The van der Waals surface area contributed by atoms with E-state index in [1.54, 1.807) is 23.1 Å². The van der Waals surface area contributed by atoms with Crippen LogP contribution in [0.4, 0.5) is 16.2 Å². The Balaban J connectivity index is 1.03. The first-order chi connectivity index (χ1) is 25.0. The average molecular weight is 704 g/mol. The SMILES string of the molecule is COc1c2c(c3cc(C(=O)N4CCc5c4c(OC)c(O)c4[nH]c(C(=O)N6C[C@H]7CC78C6=CC(=O)c6[nH]cc(C)c68)cc54)[nH]c3c1O)CCN2C(N)=O. The quantitative estimate of drug-likeness (QED) is 0.162. The number of hydrogen-bond donors (Lipinski definition) is 6. The van der Waals surface area contributed by atoms with Crippen LogP contribution in [0.2, 0.25) is 0 Å².